The van der Waals surface area contributed by atoms with Crippen molar-refractivity contribution in [1.82, 2.24) is 4.98 Å². The standard InChI is InChI=1S/C18H19F2N3.C2H6/c1-18(19,20)15-6-2-12(3-7-15)11-23-17(21)16-10-14(8-9-22-16)13-4-5-13;1-2/h2-3,6-10,13H,4-5,11H2,1H3,(H2,21,23);1-2H3. The van der Waals surface area contributed by atoms with Crippen LogP contribution >= 0.6 is 0 Å². The minimum absolute atomic E-state index is 0.00278. The van der Waals surface area contributed by atoms with Gasteiger partial charge >= 0.3 is 0 Å². The number of nitrogens with zero attached hydrogens (tertiary/aromatic N) is 2. The van der Waals surface area contributed by atoms with Crippen LogP contribution in [0, 0.1) is 0 Å². The van der Waals surface area contributed by atoms with Gasteiger partial charge in [0.15, 0.2) is 0 Å². The fourth-order valence-electron chi connectivity index (χ4n) is 2.42. The summed E-state index contributed by atoms with van der Waals surface area (Å²) in [5, 5.41) is 0. The number of aromatic nitrogens is 1. The number of halogens is 2. The third-order valence-electron chi connectivity index (χ3n) is 3.99. The first-order valence-corrected chi connectivity index (χ1v) is 8.67. The molecule has 0 amide bonds. The first-order chi connectivity index (χ1) is 11.9. The lowest BCUT2D eigenvalue weighted by atomic mass is 10.1. The zero-order valence-electron chi connectivity index (χ0n) is 15.0. The Kier molecular flexibility index (Phi) is 6.23. The molecular weight excluding hydrogens is 320 g/mol. The van der Waals surface area contributed by atoms with Gasteiger partial charge in [-0.15, -0.1) is 0 Å². The van der Waals surface area contributed by atoms with Gasteiger partial charge < -0.3 is 5.73 Å². The van der Waals surface area contributed by atoms with Crippen molar-refractivity contribution in [2.45, 2.75) is 52.0 Å². The second-order valence-electron chi connectivity index (χ2n) is 6.04. The Morgan fingerprint density at radius 3 is 2.40 bits per heavy atom. The van der Waals surface area contributed by atoms with Crippen LogP contribution in [0.15, 0.2) is 47.6 Å². The van der Waals surface area contributed by atoms with E-state index in [0.717, 1.165) is 12.5 Å². The molecule has 5 heteroatoms. The number of benzene rings is 1. The van der Waals surface area contributed by atoms with Crippen molar-refractivity contribution >= 4 is 5.84 Å². The van der Waals surface area contributed by atoms with E-state index in [1.54, 1.807) is 18.3 Å². The molecule has 2 aromatic rings. The Bertz CT molecular complexity index is 714. The molecule has 1 aliphatic carbocycles. The molecule has 0 unspecified atom stereocenters. The zero-order valence-corrected chi connectivity index (χ0v) is 15.0. The zero-order chi connectivity index (χ0) is 18.4. The van der Waals surface area contributed by atoms with Gasteiger partial charge in [0.05, 0.1) is 6.54 Å². The molecule has 0 atom stereocenters. The Morgan fingerprint density at radius 2 is 1.84 bits per heavy atom. The summed E-state index contributed by atoms with van der Waals surface area (Å²) in [6.45, 7) is 5.23. The van der Waals surface area contributed by atoms with E-state index in [-0.39, 0.29) is 5.56 Å². The van der Waals surface area contributed by atoms with Gasteiger partial charge in [-0.3, -0.25) is 9.98 Å². The molecule has 1 aromatic carbocycles. The highest BCUT2D eigenvalue weighted by Gasteiger charge is 2.24. The van der Waals surface area contributed by atoms with Crippen LogP contribution in [0.3, 0.4) is 0 Å². The predicted octanol–water partition coefficient (Wildman–Crippen LogP) is 5.00. The molecule has 25 heavy (non-hydrogen) atoms. The average molecular weight is 345 g/mol. The maximum Gasteiger partial charge on any atom is 0.270 e. The highest BCUT2D eigenvalue weighted by atomic mass is 19.3. The highest BCUT2D eigenvalue weighted by molar-refractivity contribution is 5.95. The average Bonchev–Trinajstić information content (AvgIpc) is 3.46. The Morgan fingerprint density at radius 1 is 1.20 bits per heavy atom. The van der Waals surface area contributed by atoms with Crippen LogP contribution in [0.2, 0.25) is 0 Å². The van der Waals surface area contributed by atoms with Gasteiger partial charge in [-0.2, -0.15) is 0 Å². The normalized spacial score (nSPS) is 14.7. The molecule has 1 fully saturated rings. The number of rotatable bonds is 5. The lowest BCUT2D eigenvalue weighted by molar-refractivity contribution is 0.0174. The van der Waals surface area contributed by atoms with Crippen molar-refractivity contribution in [3.63, 3.8) is 0 Å². The lowest BCUT2D eigenvalue weighted by Crippen LogP contribution is -2.15. The summed E-state index contributed by atoms with van der Waals surface area (Å²) >= 11 is 0. The fourth-order valence-corrected chi connectivity index (χ4v) is 2.42. The first kappa shape index (κ1) is 19.0. The van der Waals surface area contributed by atoms with Crippen LogP contribution in [0.1, 0.15) is 61.9 Å². The van der Waals surface area contributed by atoms with Gasteiger partial charge in [0, 0.05) is 18.7 Å². The SMILES string of the molecule is CC.CC(F)(F)c1ccc(CN=C(N)c2cc(C3CC3)ccn2)cc1. The van der Waals surface area contributed by atoms with Gasteiger partial charge in [-0.05, 0) is 42.0 Å². The van der Waals surface area contributed by atoms with Crippen LogP contribution < -0.4 is 5.73 Å². The maximum atomic E-state index is 13.2. The summed E-state index contributed by atoms with van der Waals surface area (Å²) in [7, 11) is 0. The van der Waals surface area contributed by atoms with E-state index in [4.69, 9.17) is 5.73 Å². The number of alkyl halides is 2. The van der Waals surface area contributed by atoms with Crippen LogP contribution in [-0.2, 0) is 12.5 Å². The number of pyridine rings is 1. The van der Waals surface area contributed by atoms with Crippen molar-refractivity contribution in [2.75, 3.05) is 0 Å². The molecule has 1 aliphatic rings. The van der Waals surface area contributed by atoms with Crippen molar-refractivity contribution < 1.29 is 8.78 Å². The van der Waals surface area contributed by atoms with Gasteiger partial charge in [0.1, 0.15) is 11.5 Å². The molecule has 3 nitrogen and oxygen atoms in total. The van der Waals surface area contributed by atoms with E-state index in [2.05, 4.69) is 9.98 Å². The lowest BCUT2D eigenvalue weighted by Gasteiger charge is -2.10. The quantitative estimate of drug-likeness (QED) is 0.612. The number of amidine groups is 1. The van der Waals surface area contributed by atoms with E-state index in [1.165, 1.54) is 30.5 Å². The monoisotopic (exact) mass is 345 g/mol. The summed E-state index contributed by atoms with van der Waals surface area (Å²) in [5.41, 5.74) is 8.75. The molecule has 1 heterocycles. The minimum Gasteiger partial charge on any atom is -0.382 e. The van der Waals surface area contributed by atoms with Crippen molar-refractivity contribution in [1.29, 1.82) is 0 Å². The second-order valence-corrected chi connectivity index (χ2v) is 6.04. The third kappa shape index (κ3) is 5.34. The predicted molar refractivity (Wildman–Crippen MR) is 98.0 cm³/mol. The number of nitrogens with two attached hydrogens (primary N) is 1. The number of aliphatic imine (C=N–C) groups is 1. The van der Waals surface area contributed by atoms with Gasteiger partial charge in [-0.1, -0.05) is 38.1 Å². The van der Waals surface area contributed by atoms with Crippen LogP contribution in [0.5, 0.6) is 0 Å². The molecule has 0 aliphatic heterocycles. The number of hydrogen-bond donors (Lipinski definition) is 1. The molecule has 0 radical (unpaired) electrons. The molecule has 0 bridgehead atoms. The van der Waals surface area contributed by atoms with Crippen molar-refractivity contribution in [3.05, 3.63) is 65.0 Å². The van der Waals surface area contributed by atoms with E-state index in [1.807, 2.05) is 26.0 Å². The smallest absolute Gasteiger partial charge is 0.270 e. The third-order valence-corrected chi connectivity index (χ3v) is 3.99. The van der Waals surface area contributed by atoms with E-state index in [0.29, 0.717) is 24.0 Å². The summed E-state index contributed by atoms with van der Waals surface area (Å²) < 4.78 is 26.3. The van der Waals surface area contributed by atoms with Crippen LogP contribution in [0.25, 0.3) is 0 Å². The van der Waals surface area contributed by atoms with E-state index >= 15 is 0 Å². The molecule has 0 saturated heterocycles. The maximum absolute atomic E-state index is 13.2. The highest BCUT2D eigenvalue weighted by Crippen LogP contribution is 2.39. The Labute approximate surface area is 148 Å². The second kappa shape index (κ2) is 8.19. The topological polar surface area (TPSA) is 51.3 Å². The summed E-state index contributed by atoms with van der Waals surface area (Å²) in [6, 6.07) is 10.1. The minimum atomic E-state index is -2.83. The summed E-state index contributed by atoms with van der Waals surface area (Å²) in [4.78, 5) is 8.57. The molecule has 0 spiro atoms. The molecule has 1 saturated carbocycles. The van der Waals surface area contributed by atoms with Gasteiger partial charge in [0.2, 0.25) is 0 Å². The van der Waals surface area contributed by atoms with Crippen LogP contribution in [-0.4, -0.2) is 10.8 Å². The summed E-state index contributed by atoms with van der Waals surface area (Å²) in [5.74, 6) is -1.82. The van der Waals surface area contributed by atoms with Crippen LogP contribution in [0.4, 0.5) is 8.78 Å². The van der Waals surface area contributed by atoms with Gasteiger partial charge in [-0.25, -0.2) is 8.78 Å². The van der Waals surface area contributed by atoms with Crippen molar-refractivity contribution in [3.8, 4) is 0 Å². The molecule has 3 rings (SSSR count). The molecular formula is C20H25F2N3. The fraction of sp³-hybridized carbons (Fsp3) is 0.400. The first-order valence-electron chi connectivity index (χ1n) is 8.67. The largest absolute Gasteiger partial charge is 0.382 e. The Hall–Kier alpha value is -2.30. The Balaban J connectivity index is 0.00000109. The van der Waals surface area contributed by atoms with Gasteiger partial charge in [0.25, 0.3) is 5.92 Å². The number of hydrogen-bond acceptors (Lipinski definition) is 2. The molecule has 1 aromatic heterocycles. The van der Waals surface area contributed by atoms with Crippen molar-refractivity contribution in [2.24, 2.45) is 10.7 Å². The molecule has 2 N–H and O–H groups in total. The molecule has 134 valence electrons. The van der Waals surface area contributed by atoms with E-state index < -0.39 is 5.92 Å². The van der Waals surface area contributed by atoms with E-state index in [9.17, 15) is 8.78 Å². The summed E-state index contributed by atoms with van der Waals surface area (Å²) in [6.07, 6.45) is 4.19.